The van der Waals surface area contributed by atoms with Crippen molar-refractivity contribution in [3.63, 3.8) is 0 Å². The van der Waals surface area contributed by atoms with Crippen molar-refractivity contribution in [2.45, 2.75) is 23.7 Å². The van der Waals surface area contributed by atoms with Gasteiger partial charge in [0.1, 0.15) is 11.1 Å². The molecule has 1 aliphatic heterocycles. The Labute approximate surface area is 187 Å². The minimum Gasteiger partial charge on any atom is -0.493 e. The quantitative estimate of drug-likeness (QED) is 0.517. The van der Waals surface area contributed by atoms with Gasteiger partial charge in [0, 0.05) is 42.1 Å². The van der Waals surface area contributed by atoms with Crippen LogP contribution in [0.1, 0.15) is 22.4 Å². The molecule has 0 fully saturated rings. The first kappa shape index (κ1) is 21.2. The van der Waals surface area contributed by atoms with E-state index in [2.05, 4.69) is 30.1 Å². The highest BCUT2D eigenvalue weighted by Gasteiger charge is 2.27. The van der Waals surface area contributed by atoms with Crippen LogP contribution in [0.3, 0.4) is 0 Å². The zero-order valence-corrected chi connectivity index (χ0v) is 18.8. The van der Waals surface area contributed by atoms with Crippen molar-refractivity contribution in [2.75, 3.05) is 27.8 Å². The number of para-hydroxylation sites is 1. The maximum atomic E-state index is 10.2. The summed E-state index contributed by atoms with van der Waals surface area (Å²) >= 11 is 1.61. The molecular formula is C25H25N3O2S. The first-order valence-electron chi connectivity index (χ1n) is 10.2. The lowest BCUT2D eigenvalue weighted by atomic mass is 9.91. The molecule has 0 spiro atoms. The number of hydrogen-bond donors (Lipinski definition) is 0. The molecule has 3 aromatic rings. The van der Waals surface area contributed by atoms with Crippen molar-refractivity contribution in [2.24, 2.45) is 0 Å². The van der Waals surface area contributed by atoms with E-state index in [4.69, 9.17) is 14.5 Å². The Balaban J connectivity index is 1.90. The fourth-order valence-electron chi connectivity index (χ4n) is 3.99. The van der Waals surface area contributed by atoms with Gasteiger partial charge < -0.3 is 14.4 Å². The highest BCUT2D eigenvalue weighted by Crippen LogP contribution is 2.44. The van der Waals surface area contributed by atoms with E-state index in [9.17, 15) is 5.26 Å². The van der Waals surface area contributed by atoms with Crippen LogP contribution in [0.5, 0.6) is 11.5 Å². The van der Waals surface area contributed by atoms with E-state index in [0.717, 1.165) is 52.7 Å². The zero-order valence-electron chi connectivity index (χ0n) is 18.0. The van der Waals surface area contributed by atoms with Crippen LogP contribution in [0.25, 0.3) is 11.1 Å². The Bertz CT molecular complexity index is 1130. The lowest BCUT2D eigenvalue weighted by Gasteiger charge is -2.28. The summed E-state index contributed by atoms with van der Waals surface area (Å²) in [5.41, 5.74) is 5.74. The maximum absolute atomic E-state index is 10.2. The van der Waals surface area contributed by atoms with Crippen LogP contribution < -0.4 is 9.47 Å². The largest absolute Gasteiger partial charge is 0.493 e. The van der Waals surface area contributed by atoms with E-state index >= 15 is 0 Å². The van der Waals surface area contributed by atoms with E-state index in [-0.39, 0.29) is 0 Å². The van der Waals surface area contributed by atoms with Gasteiger partial charge in [-0.05, 0) is 24.2 Å². The molecule has 2 heterocycles. The molecule has 0 saturated heterocycles. The molecule has 0 aliphatic carbocycles. The van der Waals surface area contributed by atoms with Gasteiger partial charge in [0.2, 0.25) is 0 Å². The van der Waals surface area contributed by atoms with Gasteiger partial charge in [-0.25, -0.2) is 4.98 Å². The third kappa shape index (κ3) is 4.25. The van der Waals surface area contributed by atoms with Crippen LogP contribution in [-0.4, -0.2) is 37.7 Å². The number of aromatic nitrogens is 1. The van der Waals surface area contributed by atoms with Gasteiger partial charge in [-0.1, -0.05) is 42.5 Å². The second kappa shape index (κ2) is 9.42. The number of methoxy groups -OCH3 is 2. The van der Waals surface area contributed by atoms with E-state index < -0.39 is 0 Å². The monoisotopic (exact) mass is 431 g/mol. The number of nitriles is 1. The number of nitrogens with zero attached hydrogens (tertiary/aromatic N) is 3. The van der Waals surface area contributed by atoms with E-state index in [0.29, 0.717) is 17.1 Å². The number of thioether (sulfide) groups is 1. The molecule has 158 valence electrons. The van der Waals surface area contributed by atoms with Gasteiger partial charge in [0.05, 0.1) is 19.8 Å². The third-order valence-electron chi connectivity index (χ3n) is 5.51. The average Bonchev–Trinajstić information content (AvgIpc) is 2.81. The predicted octanol–water partition coefficient (Wildman–Crippen LogP) is 4.92. The predicted molar refractivity (Wildman–Crippen MR) is 124 cm³/mol. The van der Waals surface area contributed by atoms with E-state index in [1.165, 1.54) is 5.56 Å². The summed E-state index contributed by atoms with van der Waals surface area (Å²) in [5.74, 6) is 2.05. The van der Waals surface area contributed by atoms with Crippen molar-refractivity contribution in [1.29, 1.82) is 5.26 Å². The molecular weight excluding hydrogens is 406 g/mol. The first-order valence-corrected chi connectivity index (χ1v) is 11.2. The zero-order chi connectivity index (χ0) is 21.8. The van der Waals surface area contributed by atoms with Crippen molar-refractivity contribution < 1.29 is 9.47 Å². The number of ether oxygens (including phenoxy) is 2. The van der Waals surface area contributed by atoms with E-state index in [1.807, 2.05) is 36.4 Å². The van der Waals surface area contributed by atoms with Crippen LogP contribution in [0.4, 0.5) is 0 Å². The molecule has 0 bridgehead atoms. The van der Waals surface area contributed by atoms with Crippen LogP contribution in [0.2, 0.25) is 0 Å². The van der Waals surface area contributed by atoms with Crippen LogP contribution >= 0.6 is 11.8 Å². The molecule has 5 nitrogen and oxygen atoms in total. The van der Waals surface area contributed by atoms with Crippen molar-refractivity contribution in [3.8, 4) is 28.7 Å². The Morgan fingerprint density at radius 2 is 1.90 bits per heavy atom. The van der Waals surface area contributed by atoms with Crippen molar-refractivity contribution in [3.05, 3.63) is 70.9 Å². The van der Waals surface area contributed by atoms with Gasteiger partial charge >= 0.3 is 0 Å². The molecule has 4 rings (SSSR count). The van der Waals surface area contributed by atoms with Gasteiger partial charge in [-0.15, -0.1) is 11.8 Å². The summed E-state index contributed by atoms with van der Waals surface area (Å²) in [6.45, 7) is 1.69. The summed E-state index contributed by atoms with van der Waals surface area (Å²) in [4.78, 5) is 7.22. The standard InChI is InChI=1S/C25H25N3O2S/c1-28-13-12-21-20(15-28)23(18-10-7-11-22(29-2)24(18)30-3)19(14-26)25(27-21)31-16-17-8-5-4-6-9-17/h4-11H,12-13,15-16H2,1-3H3. The molecule has 31 heavy (non-hydrogen) atoms. The molecule has 1 aliphatic rings. The molecule has 0 unspecified atom stereocenters. The maximum Gasteiger partial charge on any atom is 0.168 e. The Morgan fingerprint density at radius 1 is 1.10 bits per heavy atom. The first-order chi connectivity index (χ1) is 15.2. The second-order valence-electron chi connectivity index (χ2n) is 7.51. The van der Waals surface area contributed by atoms with E-state index in [1.54, 1.807) is 26.0 Å². The number of pyridine rings is 1. The summed E-state index contributed by atoms with van der Waals surface area (Å²) in [7, 11) is 5.36. The Morgan fingerprint density at radius 3 is 2.61 bits per heavy atom. The molecule has 1 aromatic heterocycles. The highest BCUT2D eigenvalue weighted by molar-refractivity contribution is 7.98. The van der Waals surface area contributed by atoms with Crippen molar-refractivity contribution >= 4 is 11.8 Å². The highest BCUT2D eigenvalue weighted by atomic mass is 32.2. The number of rotatable bonds is 6. The Kier molecular flexibility index (Phi) is 6.45. The lowest BCUT2D eigenvalue weighted by molar-refractivity contribution is 0.309. The SMILES string of the molecule is COc1cccc(-c2c(C#N)c(SCc3ccccc3)nc3c2CN(C)CC3)c1OC. The lowest BCUT2D eigenvalue weighted by Crippen LogP contribution is -2.28. The topological polar surface area (TPSA) is 58.4 Å². The Hall–Kier alpha value is -3.01. The third-order valence-corrected chi connectivity index (χ3v) is 6.56. The number of benzene rings is 2. The molecule has 0 amide bonds. The number of fused-ring (bicyclic) bond motifs is 1. The fraction of sp³-hybridized carbons (Fsp3) is 0.280. The van der Waals surface area contributed by atoms with Gasteiger partial charge in [-0.2, -0.15) is 5.26 Å². The van der Waals surface area contributed by atoms with Crippen LogP contribution in [0, 0.1) is 11.3 Å². The molecule has 0 radical (unpaired) electrons. The summed E-state index contributed by atoms with van der Waals surface area (Å²) in [5, 5.41) is 11.0. The molecule has 0 saturated carbocycles. The van der Waals surface area contributed by atoms with Gasteiger partial charge in [0.25, 0.3) is 0 Å². The molecule has 0 atom stereocenters. The molecule has 2 aromatic carbocycles. The average molecular weight is 432 g/mol. The molecule has 6 heteroatoms. The smallest absolute Gasteiger partial charge is 0.168 e. The fourth-order valence-corrected chi connectivity index (χ4v) is 4.95. The minimum absolute atomic E-state index is 0.599. The van der Waals surface area contributed by atoms with Crippen LogP contribution in [0.15, 0.2) is 53.6 Å². The summed E-state index contributed by atoms with van der Waals surface area (Å²) in [6, 6.07) is 18.5. The second-order valence-corrected chi connectivity index (χ2v) is 8.47. The minimum atomic E-state index is 0.599. The summed E-state index contributed by atoms with van der Waals surface area (Å²) < 4.78 is 11.3. The number of hydrogen-bond acceptors (Lipinski definition) is 6. The number of likely N-dealkylation sites (N-methyl/N-ethyl adjacent to an activating group) is 1. The van der Waals surface area contributed by atoms with Crippen LogP contribution in [-0.2, 0) is 18.7 Å². The van der Waals surface area contributed by atoms with Crippen molar-refractivity contribution in [1.82, 2.24) is 9.88 Å². The van der Waals surface area contributed by atoms with Gasteiger partial charge in [0.15, 0.2) is 11.5 Å². The van der Waals surface area contributed by atoms with Gasteiger partial charge in [-0.3, -0.25) is 0 Å². The summed E-state index contributed by atoms with van der Waals surface area (Å²) in [6.07, 6.45) is 0.857. The molecule has 0 N–H and O–H groups in total. The normalized spacial score (nSPS) is 13.4.